The highest BCUT2D eigenvalue weighted by atomic mass is 16.5. The number of hydrogen-bond acceptors (Lipinski definition) is 5. The lowest BCUT2D eigenvalue weighted by atomic mass is 10.1. The van der Waals surface area contributed by atoms with Gasteiger partial charge >= 0.3 is 6.03 Å². The molecule has 1 aromatic carbocycles. The van der Waals surface area contributed by atoms with Gasteiger partial charge in [-0.25, -0.2) is 4.79 Å². The smallest absolute Gasteiger partial charge is 0.317 e. The summed E-state index contributed by atoms with van der Waals surface area (Å²) in [6, 6.07) is 8.21. The van der Waals surface area contributed by atoms with Gasteiger partial charge in [0, 0.05) is 25.2 Å². The Morgan fingerprint density at radius 1 is 1.22 bits per heavy atom. The van der Waals surface area contributed by atoms with E-state index in [1.165, 1.54) is 0 Å². The van der Waals surface area contributed by atoms with Gasteiger partial charge in [-0.15, -0.1) is 0 Å². The van der Waals surface area contributed by atoms with Crippen LogP contribution in [0.2, 0.25) is 0 Å². The first-order valence-corrected chi connectivity index (χ1v) is 8.66. The SMILES string of the molecule is NC(=O)Nc1[nH]c(-c2ccccc2OCCN2CCOCC2)cc1C(N)=O. The van der Waals surface area contributed by atoms with Gasteiger partial charge in [0.1, 0.15) is 18.2 Å². The molecule has 3 amide bonds. The van der Waals surface area contributed by atoms with Crippen molar-refractivity contribution in [1.82, 2.24) is 9.88 Å². The number of para-hydroxylation sites is 1. The number of H-pyrrole nitrogens is 1. The molecule has 2 heterocycles. The van der Waals surface area contributed by atoms with Crippen molar-refractivity contribution in [3.63, 3.8) is 0 Å². The molecule has 3 rings (SSSR count). The minimum absolute atomic E-state index is 0.145. The first kappa shape index (κ1) is 18.7. The zero-order valence-electron chi connectivity index (χ0n) is 14.9. The average Bonchev–Trinajstić information content (AvgIpc) is 3.06. The van der Waals surface area contributed by atoms with Crippen molar-refractivity contribution in [1.29, 1.82) is 0 Å². The van der Waals surface area contributed by atoms with Gasteiger partial charge in [0.2, 0.25) is 0 Å². The number of carbonyl (C=O) groups is 2. The van der Waals surface area contributed by atoms with E-state index < -0.39 is 11.9 Å². The molecule has 0 atom stereocenters. The van der Waals surface area contributed by atoms with Gasteiger partial charge in [-0.05, 0) is 18.2 Å². The molecule has 1 aliphatic heterocycles. The van der Waals surface area contributed by atoms with Crippen LogP contribution >= 0.6 is 0 Å². The quantitative estimate of drug-likeness (QED) is 0.574. The maximum absolute atomic E-state index is 11.6. The summed E-state index contributed by atoms with van der Waals surface area (Å²) < 4.78 is 11.3. The number of hydrogen-bond donors (Lipinski definition) is 4. The predicted molar refractivity (Wildman–Crippen MR) is 101 cm³/mol. The second-order valence-corrected chi connectivity index (χ2v) is 6.12. The molecule has 0 bridgehead atoms. The fourth-order valence-electron chi connectivity index (χ4n) is 2.94. The Morgan fingerprint density at radius 2 is 1.96 bits per heavy atom. The Morgan fingerprint density at radius 3 is 2.67 bits per heavy atom. The van der Waals surface area contributed by atoms with Crippen LogP contribution in [0.25, 0.3) is 11.3 Å². The van der Waals surface area contributed by atoms with Crippen LogP contribution in [0.5, 0.6) is 5.75 Å². The van der Waals surface area contributed by atoms with Gasteiger partial charge in [0.05, 0.1) is 24.5 Å². The van der Waals surface area contributed by atoms with Crippen molar-refractivity contribution in [3.8, 4) is 17.0 Å². The van der Waals surface area contributed by atoms with Crippen LogP contribution < -0.4 is 21.5 Å². The highest BCUT2D eigenvalue weighted by Crippen LogP contribution is 2.32. The zero-order valence-corrected chi connectivity index (χ0v) is 14.9. The summed E-state index contributed by atoms with van der Waals surface area (Å²) in [5.74, 6) is 0.147. The number of aromatic amines is 1. The van der Waals surface area contributed by atoms with Crippen LogP contribution in [0.3, 0.4) is 0 Å². The summed E-state index contributed by atoms with van der Waals surface area (Å²) >= 11 is 0. The largest absolute Gasteiger partial charge is 0.492 e. The molecule has 0 unspecified atom stereocenters. The molecule has 9 nitrogen and oxygen atoms in total. The Bertz CT molecular complexity index is 814. The number of nitrogens with one attached hydrogen (secondary N) is 2. The third kappa shape index (κ3) is 4.78. The van der Waals surface area contributed by atoms with Crippen LogP contribution in [0.4, 0.5) is 10.6 Å². The van der Waals surface area contributed by atoms with Crippen LogP contribution in [0.15, 0.2) is 30.3 Å². The Labute approximate surface area is 156 Å². The van der Waals surface area contributed by atoms with Crippen LogP contribution in [0, 0.1) is 0 Å². The standard InChI is InChI=1S/C18H23N5O4/c19-16(24)13-11-14(21-17(13)22-18(20)25)12-3-1-2-4-15(12)27-10-7-23-5-8-26-9-6-23/h1-4,11,21H,5-10H2,(H2,19,24)(H3,20,22,25). The third-order valence-electron chi connectivity index (χ3n) is 4.28. The second-order valence-electron chi connectivity index (χ2n) is 6.12. The number of carbonyl (C=O) groups excluding carboxylic acids is 2. The topological polar surface area (TPSA) is 136 Å². The van der Waals surface area contributed by atoms with Gasteiger partial charge in [-0.3, -0.25) is 15.0 Å². The predicted octanol–water partition coefficient (Wildman–Crippen LogP) is 0.982. The van der Waals surface area contributed by atoms with Crippen molar-refractivity contribution in [2.45, 2.75) is 0 Å². The molecule has 1 saturated heterocycles. The summed E-state index contributed by atoms with van der Waals surface area (Å²) in [6.45, 7) is 4.59. The maximum Gasteiger partial charge on any atom is 0.317 e. The van der Waals surface area contributed by atoms with Crippen molar-refractivity contribution < 1.29 is 19.1 Å². The summed E-state index contributed by atoms with van der Waals surface area (Å²) in [7, 11) is 0. The molecule has 0 spiro atoms. The molecular weight excluding hydrogens is 350 g/mol. The van der Waals surface area contributed by atoms with Crippen LogP contribution in [-0.2, 0) is 4.74 Å². The fraction of sp³-hybridized carbons (Fsp3) is 0.333. The van der Waals surface area contributed by atoms with Gasteiger partial charge in [0.15, 0.2) is 0 Å². The first-order chi connectivity index (χ1) is 13.0. The average molecular weight is 373 g/mol. The van der Waals surface area contributed by atoms with E-state index in [4.69, 9.17) is 20.9 Å². The number of anilines is 1. The highest BCUT2D eigenvalue weighted by molar-refractivity contribution is 6.03. The van der Waals surface area contributed by atoms with E-state index in [0.717, 1.165) is 38.4 Å². The van der Waals surface area contributed by atoms with E-state index in [1.54, 1.807) is 6.07 Å². The first-order valence-electron chi connectivity index (χ1n) is 8.66. The Kier molecular flexibility index (Phi) is 5.94. The van der Waals surface area contributed by atoms with Gasteiger partial charge in [0.25, 0.3) is 5.91 Å². The van der Waals surface area contributed by atoms with Gasteiger partial charge in [-0.1, -0.05) is 12.1 Å². The van der Waals surface area contributed by atoms with Gasteiger partial charge in [-0.2, -0.15) is 0 Å². The lowest BCUT2D eigenvalue weighted by molar-refractivity contribution is 0.0323. The monoisotopic (exact) mass is 373 g/mol. The third-order valence-corrected chi connectivity index (χ3v) is 4.28. The summed E-state index contributed by atoms with van der Waals surface area (Å²) in [6.07, 6.45) is 0. The van der Waals surface area contributed by atoms with Crippen molar-refractivity contribution >= 4 is 17.8 Å². The lowest BCUT2D eigenvalue weighted by Crippen LogP contribution is -2.38. The highest BCUT2D eigenvalue weighted by Gasteiger charge is 2.17. The molecule has 9 heteroatoms. The van der Waals surface area contributed by atoms with Crippen molar-refractivity contribution in [3.05, 3.63) is 35.9 Å². The number of urea groups is 1. The van der Waals surface area contributed by atoms with E-state index in [2.05, 4.69) is 15.2 Å². The lowest BCUT2D eigenvalue weighted by Gasteiger charge is -2.26. The van der Waals surface area contributed by atoms with E-state index in [9.17, 15) is 9.59 Å². The number of benzene rings is 1. The molecule has 2 aromatic rings. The van der Waals surface area contributed by atoms with Crippen molar-refractivity contribution in [2.75, 3.05) is 44.8 Å². The van der Waals surface area contributed by atoms with E-state index in [0.29, 0.717) is 18.1 Å². The number of primary amides is 2. The summed E-state index contributed by atoms with van der Waals surface area (Å²) in [5.41, 5.74) is 12.0. The van der Waals surface area contributed by atoms with Crippen LogP contribution in [-0.4, -0.2) is 61.3 Å². The molecule has 1 aliphatic rings. The van der Waals surface area contributed by atoms with E-state index in [-0.39, 0.29) is 11.4 Å². The number of nitrogens with two attached hydrogens (primary N) is 2. The molecule has 144 valence electrons. The zero-order chi connectivity index (χ0) is 19.2. The molecule has 6 N–H and O–H groups in total. The normalized spacial score (nSPS) is 14.7. The fourth-order valence-corrected chi connectivity index (χ4v) is 2.94. The summed E-state index contributed by atoms with van der Waals surface area (Å²) in [5, 5.41) is 2.37. The molecule has 1 aromatic heterocycles. The molecule has 0 radical (unpaired) electrons. The molecular formula is C18H23N5O4. The van der Waals surface area contributed by atoms with Crippen molar-refractivity contribution in [2.24, 2.45) is 11.5 Å². The number of rotatable bonds is 7. The molecule has 1 fully saturated rings. The molecule has 27 heavy (non-hydrogen) atoms. The minimum atomic E-state index is -0.791. The van der Waals surface area contributed by atoms with Gasteiger partial charge < -0.3 is 25.9 Å². The number of morpholine rings is 1. The maximum atomic E-state index is 11.6. The number of ether oxygens (including phenoxy) is 2. The second kappa shape index (κ2) is 8.56. The minimum Gasteiger partial charge on any atom is -0.492 e. The number of nitrogens with zero attached hydrogens (tertiary/aromatic N) is 1. The van der Waals surface area contributed by atoms with E-state index in [1.807, 2.05) is 24.3 Å². The summed E-state index contributed by atoms with van der Waals surface area (Å²) in [4.78, 5) is 28.0. The number of amides is 3. The molecule has 0 saturated carbocycles. The Hall–Kier alpha value is -3.04. The van der Waals surface area contributed by atoms with Crippen LogP contribution in [0.1, 0.15) is 10.4 Å². The molecule has 0 aliphatic carbocycles. The number of aromatic nitrogens is 1. The van der Waals surface area contributed by atoms with E-state index >= 15 is 0 Å². The Balaban J connectivity index is 1.76.